The lowest BCUT2D eigenvalue weighted by molar-refractivity contribution is -0.143. The molecule has 0 saturated heterocycles. The normalized spacial score (nSPS) is 12.8. The van der Waals surface area contributed by atoms with Crippen molar-refractivity contribution in [2.75, 3.05) is 13.2 Å². The summed E-state index contributed by atoms with van der Waals surface area (Å²) in [5.74, 6) is -0.0794. The Balaban J connectivity index is 3.47. The van der Waals surface area contributed by atoms with Crippen molar-refractivity contribution in [3.63, 3.8) is 0 Å². The Kier molecular flexibility index (Phi) is 62.0. The third-order valence-corrected chi connectivity index (χ3v) is 15.4. The fraction of sp³-hybridized carbons (Fsp3) is 0.882. The summed E-state index contributed by atoms with van der Waals surface area (Å²) in [6.45, 7) is 4.90. The number of carbonyl (C=O) groups is 2. The average molecular weight is 1040 g/mol. The number of nitrogens with one attached hydrogen (secondary N) is 1. The number of aliphatic hydroxyl groups is 2. The standard InChI is InChI=1S/C68H129NO5/c1-3-5-7-9-11-13-15-17-19-20-21-22-23-24-25-27-30-33-36-40-44-48-52-56-60-66(71)65(64-70)69-67(72)61-57-53-49-45-41-37-34-31-28-26-29-32-35-39-43-47-51-55-59-63-74-68(73)62-58-54-50-46-42-38-18-16-14-12-10-8-6-4-2/h16,18,26,28,56,60,65-66,70-71H,3-15,17,19-25,27,29-55,57-59,61-64H2,1-2H3,(H,69,72)/b18-16-,28-26-,60-56+. The molecule has 0 aliphatic heterocycles. The summed E-state index contributed by atoms with van der Waals surface area (Å²) < 4.78 is 5.47. The number of hydrogen-bond donors (Lipinski definition) is 3. The first kappa shape index (κ1) is 72.1. The van der Waals surface area contributed by atoms with E-state index < -0.39 is 12.1 Å². The van der Waals surface area contributed by atoms with Crippen molar-refractivity contribution in [2.24, 2.45) is 0 Å². The summed E-state index contributed by atoms with van der Waals surface area (Å²) in [6, 6.07) is -0.637. The highest BCUT2D eigenvalue weighted by molar-refractivity contribution is 5.76. The maximum absolute atomic E-state index is 12.5. The second kappa shape index (κ2) is 63.6. The number of aliphatic hydroxyl groups excluding tert-OH is 2. The second-order valence-corrected chi connectivity index (χ2v) is 22.8. The average Bonchev–Trinajstić information content (AvgIpc) is 3.40. The first-order valence-electron chi connectivity index (χ1n) is 33.3. The van der Waals surface area contributed by atoms with Gasteiger partial charge in [0.15, 0.2) is 0 Å². The molecule has 0 aromatic heterocycles. The third-order valence-electron chi connectivity index (χ3n) is 15.4. The molecule has 6 nitrogen and oxygen atoms in total. The summed E-state index contributed by atoms with van der Waals surface area (Å²) in [6.07, 6.45) is 80.5. The number of unbranched alkanes of at least 4 members (excludes halogenated alkanes) is 47. The molecule has 0 bridgehead atoms. The molecule has 0 radical (unpaired) electrons. The van der Waals surface area contributed by atoms with Crippen molar-refractivity contribution < 1.29 is 24.5 Å². The topological polar surface area (TPSA) is 95.9 Å². The Hall–Kier alpha value is -1.92. The largest absolute Gasteiger partial charge is 0.466 e. The summed E-state index contributed by atoms with van der Waals surface area (Å²) in [5.41, 5.74) is 0. The van der Waals surface area contributed by atoms with Gasteiger partial charge >= 0.3 is 5.97 Å². The van der Waals surface area contributed by atoms with Gasteiger partial charge in [0.05, 0.1) is 25.4 Å². The molecule has 0 rings (SSSR count). The number of carbonyl (C=O) groups excluding carboxylic acids is 2. The van der Waals surface area contributed by atoms with E-state index in [1.807, 2.05) is 6.08 Å². The molecule has 0 spiro atoms. The van der Waals surface area contributed by atoms with E-state index in [1.165, 1.54) is 283 Å². The predicted molar refractivity (Wildman–Crippen MR) is 324 cm³/mol. The van der Waals surface area contributed by atoms with Gasteiger partial charge < -0.3 is 20.3 Å². The molecule has 0 aliphatic rings. The van der Waals surface area contributed by atoms with Gasteiger partial charge in [0.2, 0.25) is 5.91 Å². The molecule has 74 heavy (non-hydrogen) atoms. The molecule has 2 atom stereocenters. The highest BCUT2D eigenvalue weighted by Crippen LogP contribution is 2.18. The highest BCUT2D eigenvalue weighted by Gasteiger charge is 2.18. The molecule has 0 aliphatic carbocycles. The summed E-state index contributed by atoms with van der Waals surface area (Å²) >= 11 is 0. The Bertz CT molecular complexity index is 1200. The fourth-order valence-corrected chi connectivity index (χ4v) is 10.3. The number of allylic oxidation sites excluding steroid dienone is 5. The Morgan fingerprint density at radius 1 is 0.365 bits per heavy atom. The van der Waals surface area contributed by atoms with Gasteiger partial charge in [-0.25, -0.2) is 0 Å². The number of hydrogen-bond acceptors (Lipinski definition) is 5. The molecular formula is C68H129NO5. The van der Waals surface area contributed by atoms with Gasteiger partial charge in [-0.15, -0.1) is 0 Å². The maximum atomic E-state index is 12.5. The molecule has 0 aromatic carbocycles. The minimum atomic E-state index is -0.853. The van der Waals surface area contributed by atoms with Crippen LogP contribution < -0.4 is 5.32 Å². The van der Waals surface area contributed by atoms with Crippen LogP contribution in [0.3, 0.4) is 0 Å². The first-order chi connectivity index (χ1) is 36.5. The van der Waals surface area contributed by atoms with Crippen molar-refractivity contribution in [3.05, 3.63) is 36.5 Å². The van der Waals surface area contributed by atoms with Crippen LogP contribution in [0.5, 0.6) is 0 Å². The molecule has 2 unspecified atom stereocenters. The molecule has 6 heteroatoms. The molecular weight excluding hydrogens is 911 g/mol. The van der Waals surface area contributed by atoms with Gasteiger partial charge in [-0.05, 0) is 83.5 Å². The van der Waals surface area contributed by atoms with Crippen LogP contribution in [-0.4, -0.2) is 47.4 Å². The zero-order valence-electron chi connectivity index (χ0n) is 49.8. The van der Waals surface area contributed by atoms with E-state index in [1.54, 1.807) is 6.08 Å². The molecule has 3 N–H and O–H groups in total. The van der Waals surface area contributed by atoms with Crippen LogP contribution in [-0.2, 0) is 14.3 Å². The molecule has 0 saturated carbocycles. The Morgan fingerprint density at radius 3 is 0.959 bits per heavy atom. The Labute approximate surface area is 462 Å². The molecule has 0 fully saturated rings. The van der Waals surface area contributed by atoms with E-state index in [-0.39, 0.29) is 18.5 Å². The molecule has 1 amide bonds. The zero-order valence-corrected chi connectivity index (χ0v) is 49.8. The zero-order chi connectivity index (χ0) is 53.6. The van der Waals surface area contributed by atoms with E-state index in [9.17, 15) is 19.8 Å². The van der Waals surface area contributed by atoms with Gasteiger partial charge in [0.1, 0.15) is 0 Å². The van der Waals surface area contributed by atoms with Gasteiger partial charge in [-0.2, -0.15) is 0 Å². The van der Waals surface area contributed by atoms with Crippen LogP contribution in [0.4, 0.5) is 0 Å². The first-order valence-corrected chi connectivity index (χ1v) is 33.3. The number of esters is 1. The minimum absolute atomic E-state index is 0.00492. The summed E-state index contributed by atoms with van der Waals surface area (Å²) in [7, 11) is 0. The van der Waals surface area contributed by atoms with Crippen molar-refractivity contribution in [1.82, 2.24) is 5.32 Å². The third kappa shape index (κ3) is 59.3. The van der Waals surface area contributed by atoms with Crippen LogP contribution in [0, 0.1) is 0 Å². The van der Waals surface area contributed by atoms with Crippen LogP contribution in [0.2, 0.25) is 0 Å². The minimum Gasteiger partial charge on any atom is -0.466 e. The van der Waals surface area contributed by atoms with Gasteiger partial charge in [-0.3, -0.25) is 9.59 Å². The van der Waals surface area contributed by atoms with Crippen molar-refractivity contribution >= 4 is 11.9 Å². The van der Waals surface area contributed by atoms with E-state index in [4.69, 9.17) is 4.74 Å². The van der Waals surface area contributed by atoms with Crippen LogP contribution in [0.1, 0.15) is 361 Å². The van der Waals surface area contributed by atoms with Crippen LogP contribution in [0.25, 0.3) is 0 Å². The molecule has 0 aromatic rings. The van der Waals surface area contributed by atoms with Crippen molar-refractivity contribution in [3.8, 4) is 0 Å². The van der Waals surface area contributed by atoms with Gasteiger partial charge in [-0.1, -0.05) is 301 Å². The fourth-order valence-electron chi connectivity index (χ4n) is 10.3. The van der Waals surface area contributed by atoms with Crippen LogP contribution in [0.15, 0.2) is 36.5 Å². The lowest BCUT2D eigenvalue weighted by Crippen LogP contribution is -2.45. The maximum Gasteiger partial charge on any atom is 0.305 e. The monoisotopic (exact) mass is 1040 g/mol. The number of rotatable bonds is 62. The van der Waals surface area contributed by atoms with E-state index in [0.717, 1.165) is 51.4 Å². The van der Waals surface area contributed by atoms with E-state index in [0.29, 0.717) is 19.4 Å². The van der Waals surface area contributed by atoms with E-state index in [2.05, 4.69) is 43.5 Å². The summed E-state index contributed by atoms with van der Waals surface area (Å²) in [5, 5.41) is 23.2. The smallest absolute Gasteiger partial charge is 0.305 e. The van der Waals surface area contributed by atoms with Gasteiger partial charge in [0, 0.05) is 12.8 Å². The van der Waals surface area contributed by atoms with E-state index >= 15 is 0 Å². The second-order valence-electron chi connectivity index (χ2n) is 22.8. The van der Waals surface area contributed by atoms with Crippen molar-refractivity contribution in [1.29, 1.82) is 0 Å². The molecule has 436 valence electrons. The summed E-state index contributed by atoms with van der Waals surface area (Å²) in [4.78, 5) is 24.6. The van der Waals surface area contributed by atoms with Gasteiger partial charge in [0.25, 0.3) is 0 Å². The lowest BCUT2D eigenvalue weighted by Gasteiger charge is -2.20. The number of ether oxygens (including phenoxy) is 1. The predicted octanol–water partition coefficient (Wildman–Crippen LogP) is 21.1. The number of amides is 1. The highest BCUT2D eigenvalue weighted by atomic mass is 16.5. The lowest BCUT2D eigenvalue weighted by atomic mass is 10.0. The van der Waals surface area contributed by atoms with Crippen molar-refractivity contribution in [2.45, 2.75) is 373 Å². The Morgan fingerprint density at radius 2 is 0.635 bits per heavy atom. The molecule has 0 heterocycles. The van der Waals surface area contributed by atoms with Crippen LogP contribution >= 0.6 is 0 Å². The quantitative estimate of drug-likeness (QED) is 0.0320. The SMILES string of the molecule is CCCCCCC/C=C\CCCCCCCC(=O)OCCCCCCCCCC/C=C\CCCCCCCCCC(=O)NC(CO)C(O)/C=C/CCCCCCCCCCCCCCCCCCCCCCCC.